The molecule has 9 heteroatoms. The van der Waals surface area contributed by atoms with Crippen molar-refractivity contribution < 1.29 is 29.6 Å². The topological polar surface area (TPSA) is 116 Å². The van der Waals surface area contributed by atoms with Crippen molar-refractivity contribution in [1.82, 2.24) is 5.32 Å². The van der Waals surface area contributed by atoms with Crippen LogP contribution in [0, 0.1) is 5.41 Å². The summed E-state index contributed by atoms with van der Waals surface area (Å²) in [5.41, 5.74) is -0.935. The van der Waals surface area contributed by atoms with Gasteiger partial charge in [-0.2, -0.15) is 0 Å². The number of nitrogens with one attached hydrogen (secondary N) is 1. The van der Waals surface area contributed by atoms with Crippen molar-refractivity contribution in [2.75, 3.05) is 18.9 Å². The Morgan fingerprint density at radius 2 is 2.00 bits per heavy atom. The fourth-order valence-electron chi connectivity index (χ4n) is 2.40. The number of aliphatic hydroxyl groups is 3. The minimum absolute atomic E-state index is 0.0219. The molecule has 2 atom stereocenters. The zero-order valence-corrected chi connectivity index (χ0v) is 17.1. The van der Waals surface area contributed by atoms with Gasteiger partial charge in [0.25, 0.3) is 0 Å². The SMILES string of the molecule is CC(C)(COC(=O)CCCC[C@@H]1CCSS1)[C@@H](O)C(=O)NCCC(O)O. The summed E-state index contributed by atoms with van der Waals surface area (Å²) < 4.78 is 5.22. The van der Waals surface area contributed by atoms with Gasteiger partial charge in [0.15, 0.2) is 6.29 Å². The summed E-state index contributed by atoms with van der Waals surface area (Å²) in [5.74, 6) is 0.268. The molecule has 0 spiro atoms. The van der Waals surface area contributed by atoms with Gasteiger partial charge in [-0.3, -0.25) is 9.59 Å². The number of hydrogen-bond acceptors (Lipinski definition) is 8. The molecule has 1 amide bonds. The van der Waals surface area contributed by atoms with Gasteiger partial charge in [-0.15, -0.1) is 0 Å². The van der Waals surface area contributed by atoms with Gasteiger partial charge in [0.05, 0.1) is 6.61 Å². The maximum atomic E-state index is 11.9. The summed E-state index contributed by atoms with van der Waals surface area (Å²) in [6.45, 7) is 3.26. The standard InChI is InChI=1S/C17H31NO6S2/c1-17(2,15(22)16(23)18-9-7-13(19)20)11-24-14(21)6-4-3-5-12-8-10-25-26-12/h12-13,15,19-20,22H,3-11H2,1-2H3,(H,18,23)/t12-,15+/m1/s1. The van der Waals surface area contributed by atoms with Gasteiger partial charge >= 0.3 is 5.97 Å². The number of unbranched alkanes of at least 4 members (excludes halogenated alkanes) is 1. The first-order chi connectivity index (χ1) is 12.2. The van der Waals surface area contributed by atoms with Gasteiger partial charge in [0, 0.05) is 35.8 Å². The van der Waals surface area contributed by atoms with Crippen LogP contribution in [0.2, 0.25) is 0 Å². The van der Waals surface area contributed by atoms with Crippen LogP contribution in [0.4, 0.5) is 0 Å². The first kappa shape index (κ1) is 23.6. The van der Waals surface area contributed by atoms with E-state index in [4.69, 9.17) is 14.9 Å². The molecule has 0 saturated carbocycles. The second kappa shape index (κ2) is 12.1. The Hall–Kier alpha value is -0.480. The van der Waals surface area contributed by atoms with Crippen LogP contribution in [0.25, 0.3) is 0 Å². The van der Waals surface area contributed by atoms with Crippen LogP contribution in [0.5, 0.6) is 0 Å². The molecule has 0 radical (unpaired) electrons. The molecule has 1 fully saturated rings. The molecule has 0 aromatic carbocycles. The molecule has 1 rings (SSSR count). The largest absolute Gasteiger partial charge is 0.465 e. The third-order valence-corrected chi connectivity index (χ3v) is 7.19. The second-order valence-electron chi connectivity index (χ2n) is 7.19. The Bertz CT molecular complexity index is 441. The Morgan fingerprint density at radius 3 is 2.62 bits per heavy atom. The molecule has 0 bridgehead atoms. The Labute approximate surface area is 163 Å². The minimum Gasteiger partial charge on any atom is -0.465 e. The van der Waals surface area contributed by atoms with Crippen LogP contribution in [-0.4, -0.2) is 63.7 Å². The molecule has 0 aliphatic carbocycles. The molecule has 152 valence electrons. The highest BCUT2D eigenvalue weighted by Crippen LogP contribution is 2.39. The third-order valence-electron chi connectivity index (χ3n) is 4.18. The number of ether oxygens (including phenoxy) is 1. The summed E-state index contributed by atoms with van der Waals surface area (Å²) in [6.07, 6.45) is 1.61. The fourth-order valence-corrected chi connectivity index (χ4v) is 5.43. The van der Waals surface area contributed by atoms with Gasteiger partial charge in [-0.25, -0.2) is 0 Å². The lowest BCUT2D eigenvalue weighted by molar-refractivity contribution is -0.153. The van der Waals surface area contributed by atoms with E-state index in [1.54, 1.807) is 13.8 Å². The zero-order valence-electron chi connectivity index (χ0n) is 15.5. The van der Waals surface area contributed by atoms with Gasteiger partial charge in [0.1, 0.15) is 6.10 Å². The smallest absolute Gasteiger partial charge is 0.305 e. The highest BCUT2D eigenvalue weighted by atomic mass is 33.1. The Kier molecular flexibility index (Phi) is 10.9. The summed E-state index contributed by atoms with van der Waals surface area (Å²) in [5, 5.41) is 30.7. The van der Waals surface area contributed by atoms with Crippen molar-refractivity contribution in [2.24, 2.45) is 5.41 Å². The lowest BCUT2D eigenvalue weighted by atomic mass is 9.87. The molecule has 0 unspecified atom stereocenters. The first-order valence-corrected chi connectivity index (χ1v) is 11.4. The number of rotatable bonds is 12. The number of hydrogen-bond donors (Lipinski definition) is 4. The maximum absolute atomic E-state index is 11.9. The molecule has 0 aromatic rings. The quantitative estimate of drug-likeness (QED) is 0.166. The molecule has 1 heterocycles. The van der Waals surface area contributed by atoms with E-state index in [0.29, 0.717) is 11.7 Å². The maximum Gasteiger partial charge on any atom is 0.305 e. The summed E-state index contributed by atoms with van der Waals surface area (Å²) in [6, 6.07) is 0. The van der Waals surface area contributed by atoms with Gasteiger partial charge in [-0.05, 0) is 19.3 Å². The molecule has 1 aliphatic heterocycles. The molecule has 1 saturated heterocycles. The van der Waals surface area contributed by atoms with Gasteiger partial charge < -0.3 is 25.4 Å². The van der Waals surface area contributed by atoms with Crippen molar-refractivity contribution in [3.63, 3.8) is 0 Å². The predicted molar refractivity (Wildman–Crippen MR) is 104 cm³/mol. The van der Waals surface area contributed by atoms with Crippen molar-refractivity contribution in [3.05, 3.63) is 0 Å². The van der Waals surface area contributed by atoms with E-state index in [1.165, 1.54) is 12.2 Å². The first-order valence-electron chi connectivity index (χ1n) is 8.98. The average molecular weight is 410 g/mol. The van der Waals surface area contributed by atoms with Crippen LogP contribution in [0.15, 0.2) is 0 Å². The van der Waals surface area contributed by atoms with Crippen LogP contribution >= 0.6 is 21.6 Å². The molecular formula is C17H31NO6S2. The van der Waals surface area contributed by atoms with Crippen molar-refractivity contribution in [2.45, 2.75) is 70.0 Å². The van der Waals surface area contributed by atoms with Crippen LogP contribution in [-0.2, 0) is 14.3 Å². The normalized spacial score (nSPS) is 18.8. The molecule has 7 nitrogen and oxygen atoms in total. The monoisotopic (exact) mass is 409 g/mol. The van der Waals surface area contributed by atoms with Crippen molar-refractivity contribution >= 4 is 33.5 Å². The lowest BCUT2D eigenvalue weighted by Gasteiger charge is -2.29. The van der Waals surface area contributed by atoms with E-state index >= 15 is 0 Å². The highest BCUT2D eigenvalue weighted by molar-refractivity contribution is 8.77. The third kappa shape index (κ3) is 9.45. The average Bonchev–Trinajstić information content (AvgIpc) is 3.09. The molecule has 0 aromatic heterocycles. The van der Waals surface area contributed by atoms with Crippen molar-refractivity contribution in [3.8, 4) is 0 Å². The van der Waals surface area contributed by atoms with E-state index < -0.39 is 23.7 Å². The minimum atomic E-state index is -1.51. The van der Waals surface area contributed by atoms with Crippen molar-refractivity contribution in [1.29, 1.82) is 0 Å². The molecule has 26 heavy (non-hydrogen) atoms. The zero-order chi connectivity index (χ0) is 19.6. The fraction of sp³-hybridized carbons (Fsp3) is 0.882. The Morgan fingerprint density at radius 1 is 1.27 bits per heavy atom. The number of aliphatic hydroxyl groups excluding tert-OH is 2. The lowest BCUT2D eigenvalue weighted by Crippen LogP contribution is -2.46. The van der Waals surface area contributed by atoms with Crippen LogP contribution in [0.1, 0.15) is 52.4 Å². The highest BCUT2D eigenvalue weighted by Gasteiger charge is 2.34. The number of esters is 1. The van der Waals surface area contributed by atoms with E-state index in [1.807, 2.05) is 21.6 Å². The van der Waals surface area contributed by atoms with E-state index in [9.17, 15) is 14.7 Å². The number of carbonyl (C=O) groups excluding carboxylic acids is 2. The second-order valence-corrected chi connectivity index (χ2v) is 9.97. The summed E-state index contributed by atoms with van der Waals surface area (Å²) in [4.78, 5) is 23.7. The number of amides is 1. The molecule has 1 aliphatic rings. The molecule has 4 N–H and O–H groups in total. The molecular weight excluding hydrogens is 378 g/mol. The van der Waals surface area contributed by atoms with E-state index in [-0.39, 0.29) is 25.5 Å². The van der Waals surface area contributed by atoms with E-state index in [2.05, 4.69) is 5.32 Å². The Balaban J connectivity index is 2.20. The number of carbonyl (C=O) groups is 2. The van der Waals surface area contributed by atoms with Crippen LogP contribution < -0.4 is 5.32 Å². The summed E-state index contributed by atoms with van der Waals surface area (Å²) >= 11 is 0. The van der Waals surface area contributed by atoms with Crippen LogP contribution in [0.3, 0.4) is 0 Å². The van der Waals surface area contributed by atoms with Gasteiger partial charge in [0.2, 0.25) is 5.91 Å². The summed E-state index contributed by atoms with van der Waals surface area (Å²) in [7, 11) is 3.85. The van der Waals surface area contributed by atoms with E-state index in [0.717, 1.165) is 19.3 Å². The predicted octanol–water partition coefficient (Wildman–Crippen LogP) is 1.45. The van der Waals surface area contributed by atoms with Gasteiger partial charge in [-0.1, -0.05) is 41.9 Å².